The number of amides is 6. The van der Waals surface area contributed by atoms with Crippen LogP contribution in [0, 0.1) is 23.7 Å². The topological polar surface area (TPSA) is 208 Å². The molecule has 2 saturated carbocycles. The summed E-state index contributed by atoms with van der Waals surface area (Å²) in [6.07, 6.45) is 14.0. The molecule has 0 spiro atoms. The number of aromatic nitrogens is 4. The summed E-state index contributed by atoms with van der Waals surface area (Å²) in [7, 11) is 0. The Hall–Kier alpha value is -6.70. The zero-order chi connectivity index (χ0) is 51.5. The summed E-state index contributed by atoms with van der Waals surface area (Å²) in [4.78, 5) is 74.9. The van der Waals surface area contributed by atoms with E-state index in [1.807, 2.05) is 32.6 Å². The maximum absolute atomic E-state index is 14.5. The minimum absolute atomic E-state index is 0.0743. The summed E-state index contributed by atoms with van der Waals surface area (Å²) in [5, 5.41) is 5.53. The average Bonchev–Trinajstić information content (AvgIpc) is 4.15. The lowest BCUT2D eigenvalue weighted by Gasteiger charge is -2.36. The van der Waals surface area contributed by atoms with E-state index in [1.165, 1.54) is 39.8 Å². The quantitative estimate of drug-likeness (QED) is 0.0786. The monoisotopic (exact) mass is 999 g/mol. The van der Waals surface area contributed by atoms with Gasteiger partial charge in [0.25, 0.3) is 0 Å². The summed E-state index contributed by atoms with van der Waals surface area (Å²) in [5.74, 6) is 2.21. The highest BCUT2D eigenvalue weighted by molar-refractivity contribution is 5.90. The molecule has 0 radical (unpaired) electrons. The minimum atomic E-state index is -0.705. The molecule has 9 atom stereocenters. The Balaban J connectivity index is 0.867. The van der Waals surface area contributed by atoms with Crippen molar-refractivity contribution in [2.24, 2.45) is 35.1 Å². The van der Waals surface area contributed by atoms with Crippen LogP contribution in [-0.2, 0) is 28.9 Å². The molecule has 4 fully saturated rings. The van der Waals surface area contributed by atoms with Gasteiger partial charge in [0.15, 0.2) is 0 Å². The third kappa shape index (κ3) is 9.42. The number of nitrogens with one attached hydrogen (secondary N) is 4. The lowest BCUT2D eigenvalue weighted by atomic mass is 9.84. The van der Waals surface area contributed by atoms with E-state index < -0.39 is 24.1 Å². The SMILES string of the molecule is CC(C)[C@H](NC(N)=O)C(=O)N1[C@H](c2nc3ccc(-c4cc5ccc4C[C@@H](C)c4ccc(c(-c6ccc7nc([C@@H]8C[C@@H]9CCCC[C@@H]9N8C(=O)[C@@H](NC(N)=O)C(C)C)[nH]c7c6)c4)CC5)cc3[nH]2)C[C@@H]2CCCCC[C@@H]21. The second-order valence-electron chi connectivity index (χ2n) is 23.3. The molecule has 2 aromatic heterocycles. The highest BCUT2D eigenvalue weighted by Crippen LogP contribution is 2.48. The van der Waals surface area contributed by atoms with Gasteiger partial charge in [-0.3, -0.25) is 9.59 Å². The molecule has 6 aromatic rings. The number of carbonyl (C=O) groups is 4. The van der Waals surface area contributed by atoms with E-state index in [1.54, 1.807) is 0 Å². The number of benzene rings is 4. The van der Waals surface area contributed by atoms with Crippen molar-refractivity contribution < 1.29 is 19.2 Å². The largest absolute Gasteiger partial charge is 0.352 e. The third-order valence-electron chi connectivity index (χ3n) is 17.7. The molecule has 0 unspecified atom stereocenters. The van der Waals surface area contributed by atoms with E-state index in [0.717, 1.165) is 128 Å². The second-order valence-corrected chi connectivity index (χ2v) is 23.3. The van der Waals surface area contributed by atoms with Crippen LogP contribution in [0.2, 0.25) is 0 Å². The molecule has 14 nitrogen and oxygen atoms in total. The molecule has 2 saturated heterocycles. The van der Waals surface area contributed by atoms with Crippen LogP contribution in [0.3, 0.4) is 0 Å². The smallest absolute Gasteiger partial charge is 0.312 e. The van der Waals surface area contributed by atoms with Gasteiger partial charge in [0.2, 0.25) is 11.8 Å². The number of primary amides is 2. The van der Waals surface area contributed by atoms with E-state index >= 15 is 0 Å². The van der Waals surface area contributed by atoms with Gasteiger partial charge in [-0.25, -0.2) is 19.6 Å². The maximum atomic E-state index is 14.5. The van der Waals surface area contributed by atoms with Crippen molar-refractivity contribution in [2.45, 2.75) is 167 Å². The molecule has 4 heterocycles. The van der Waals surface area contributed by atoms with E-state index in [9.17, 15) is 19.2 Å². The fraction of sp³-hybridized carbons (Fsp3) is 0.500. The van der Waals surface area contributed by atoms with Crippen LogP contribution >= 0.6 is 0 Å². The van der Waals surface area contributed by atoms with E-state index in [-0.39, 0.29) is 53.7 Å². The van der Waals surface area contributed by atoms with Gasteiger partial charge >= 0.3 is 12.1 Å². The Labute approximate surface area is 434 Å². The maximum Gasteiger partial charge on any atom is 0.312 e. The predicted molar refractivity (Wildman–Crippen MR) is 290 cm³/mol. The lowest BCUT2D eigenvalue weighted by Crippen LogP contribution is -2.54. The van der Waals surface area contributed by atoms with Crippen molar-refractivity contribution in [3.8, 4) is 22.3 Å². The third-order valence-corrected chi connectivity index (χ3v) is 17.7. The summed E-state index contributed by atoms with van der Waals surface area (Å²) in [6, 6.07) is 24.1. The summed E-state index contributed by atoms with van der Waals surface area (Å²) < 4.78 is 0. The van der Waals surface area contributed by atoms with E-state index in [4.69, 9.17) is 21.4 Å². The number of hydrogen-bond acceptors (Lipinski definition) is 6. The van der Waals surface area contributed by atoms with Crippen molar-refractivity contribution in [1.29, 1.82) is 0 Å². The van der Waals surface area contributed by atoms with Crippen molar-refractivity contribution in [2.75, 3.05) is 0 Å². The second kappa shape index (κ2) is 20.2. The van der Waals surface area contributed by atoms with Crippen molar-refractivity contribution in [1.82, 2.24) is 40.4 Å². The highest BCUT2D eigenvalue weighted by Gasteiger charge is 2.49. The zero-order valence-corrected chi connectivity index (χ0v) is 43.8. The number of nitrogens with zero attached hydrogens (tertiary/aromatic N) is 4. The van der Waals surface area contributed by atoms with Gasteiger partial charge in [-0.15, -0.1) is 0 Å². The lowest BCUT2D eigenvalue weighted by molar-refractivity contribution is -0.139. The molecule has 8 N–H and O–H groups in total. The minimum Gasteiger partial charge on any atom is -0.352 e. The highest BCUT2D eigenvalue weighted by atomic mass is 16.2. The number of likely N-dealkylation sites (tertiary alicyclic amines) is 2. The molecule has 388 valence electrons. The average molecular weight is 999 g/mol. The fourth-order valence-electron chi connectivity index (χ4n) is 13.9. The molecule has 74 heavy (non-hydrogen) atoms. The number of aryl methyl sites for hydroxylation is 2. The number of carbonyl (C=O) groups excluding carboxylic acids is 4. The van der Waals surface area contributed by atoms with E-state index in [0.29, 0.717) is 11.8 Å². The van der Waals surface area contributed by atoms with Crippen LogP contribution in [0.5, 0.6) is 0 Å². The molecule has 8 aliphatic rings. The van der Waals surface area contributed by atoms with Crippen molar-refractivity contribution >= 4 is 45.9 Å². The number of fused-ring (bicyclic) bond motifs is 4. The summed E-state index contributed by atoms with van der Waals surface area (Å²) >= 11 is 0. The molecule has 14 heteroatoms. The summed E-state index contributed by atoms with van der Waals surface area (Å²) in [5.41, 5.74) is 24.7. The Kier molecular flexibility index (Phi) is 13.5. The van der Waals surface area contributed by atoms with Crippen LogP contribution in [-0.4, -0.2) is 77.8 Å². The van der Waals surface area contributed by atoms with Gasteiger partial charge < -0.3 is 41.9 Å². The molecular weight excluding hydrogens is 925 g/mol. The molecule has 14 rings (SSSR count). The normalized spacial score (nSPS) is 24.6. The number of rotatable bonds is 10. The number of hydrogen-bond donors (Lipinski definition) is 6. The first-order chi connectivity index (χ1) is 35.7. The first kappa shape index (κ1) is 49.5. The molecular formula is C60H74N10O4. The zero-order valence-electron chi connectivity index (χ0n) is 43.8. The van der Waals surface area contributed by atoms with Gasteiger partial charge in [0.05, 0.1) is 34.2 Å². The van der Waals surface area contributed by atoms with Crippen LogP contribution < -0.4 is 22.1 Å². The van der Waals surface area contributed by atoms with E-state index in [2.05, 4.69) is 105 Å². The number of nitrogens with two attached hydrogens (primary N) is 2. The number of urea groups is 2. The molecule has 2 aliphatic heterocycles. The molecule has 4 aromatic carbocycles. The van der Waals surface area contributed by atoms with Crippen LogP contribution in [0.4, 0.5) is 9.59 Å². The number of imidazole rings is 2. The Morgan fingerprint density at radius 1 is 0.595 bits per heavy atom. The van der Waals surface area contributed by atoms with Crippen LogP contribution in [0.25, 0.3) is 44.3 Å². The standard InChI is InChI=1S/C60H74N10O4/c1-32(2)53(67-59(61)73)57(71)69-49-13-8-6-7-11-41(49)30-51(69)55-63-45-23-21-39(28-47(45)65-55)43-26-35-15-17-36-19-20-37(34(5)25-38(43)18-16-35)27-44(36)40-22-24-46-48(29-40)66-56(64-46)52-31-42-12-9-10-14-50(42)70(52)58(72)54(33(3)4)68-60(62)74/h16,18-24,26-29,32-34,41-42,49-54H,6-15,17,25,30-31H2,1-5H3,(H,63,65)(H,64,66)(H3,61,67,73)(H3,62,68,74)/t34-,41+,42+,49+,50+,51+,52+,53+,54+/m1/s1. The number of aromatic amines is 2. The fourth-order valence-corrected chi connectivity index (χ4v) is 13.9. The van der Waals surface area contributed by atoms with Gasteiger partial charge in [-0.1, -0.05) is 115 Å². The first-order valence-corrected chi connectivity index (χ1v) is 27.7. The van der Waals surface area contributed by atoms with Gasteiger partial charge in [0.1, 0.15) is 23.7 Å². The Morgan fingerprint density at radius 3 is 1.64 bits per heavy atom. The molecule has 4 bridgehead atoms. The van der Waals surface area contributed by atoms with Crippen molar-refractivity contribution in [3.63, 3.8) is 0 Å². The van der Waals surface area contributed by atoms with Gasteiger partial charge in [0, 0.05) is 12.1 Å². The van der Waals surface area contributed by atoms with Crippen LogP contribution in [0.1, 0.15) is 157 Å². The van der Waals surface area contributed by atoms with Gasteiger partial charge in [-0.2, -0.15) is 0 Å². The van der Waals surface area contributed by atoms with Crippen molar-refractivity contribution in [3.05, 3.63) is 107 Å². The Morgan fingerprint density at radius 2 is 1.09 bits per heavy atom. The first-order valence-electron chi connectivity index (χ1n) is 27.7. The molecule has 6 aliphatic carbocycles. The van der Waals surface area contributed by atoms with Crippen LogP contribution in [0.15, 0.2) is 72.8 Å². The number of H-pyrrole nitrogens is 2. The van der Waals surface area contributed by atoms with Gasteiger partial charge in [-0.05, 0) is 156 Å². The molecule has 6 amide bonds. The summed E-state index contributed by atoms with van der Waals surface area (Å²) in [6.45, 7) is 10.1. The predicted octanol–water partition coefficient (Wildman–Crippen LogP) is 10.7. The Bertz CT molecular complexity index is 3120.